The average Bonchev–Trinajstić information content (AvgIpc) is 3.21. The molecule has 1 aliphatic rings. The number of carboxylic acid groups (broad SMARTS) is 1. The van der Waals surface area contributed by atoms with Crippen LogP contribution in [0.1, 0.15) is 48.7 Å². The van der Waals surface area contributed by atoms with Crippen LogP contribution in [-0.2, 0) is 4.79 Å². The molecule has 2 heterocycles. The maximum atomic E-state index is 12.6. The largest absolute Gasteiger partial charge is 0.504 e. The van der Waals surface area contributed by atoms with E-state index in [4.69, 9.17) is 0 Å². The highest BCUT2D eigenvalue weighted by Gasteiger charge is 2.36. The number of carboxylic acids is 1. The third-order valence-electron chi connectivity index (χ3n) is 4.52. The molecule has 0 bridgehead atoms. The number of amides is 1. The molecule has 1 aliphatic heterocycles. The quantitative estimate of drug-likeness (QED) is 0.889. The Balaban J connectivity index is 1.87. The van der Waals surface area contributed by atoms with E-state index in [9.17, 15) is 19.8 Å². The number of rotatable bonds is 4. The SMILES string of the molecule is CC(C)c1ccc(-n2cc(O)c(C(=O)N3CCCC3C(=O)O)n2)cc1. The van der Waals surface area contributed by atoms with Crippen LogP contribution in [0.5, 0.6) is 5.75 Å². The Morgan fingerprint density at radius 1 is 1.24 bits per heavy atom. The summed E-state index contributed by atoms with van der Waals surface area (Å²) in [4.78, 5) is 25.1. The molecule has 2 aromatic rings. The number of likely N-dealkylation sites (tertiary alicyclic amines) is 1. The van der Waals surface area contributed by atoms with Gasteiger partial charge in [-0.1, -0.05) is 26.0 Å². The van der Waals surface area contributed by atoms with Crippen molar-refractivity contribution >= 4 is 11.9 Å². The van der Waals surface area contributed by atoms with Crippen LogP contribution in [0.15, 0.2) is 30.5 Å². The van der Waals surface area contributed by atoms with Crippen molar-refractivity contribution < 1.29 is 19.8 Å². The van der Waals surface area contributed by atoms with Gasteiger partial charge < -0.3 is 15.1 Å². The Morgan fingerprint density at radius 3 is 2.52 bits per heavy atom. The smallest absolute Gasteiger partial charge is 0.326 e. The van der Waals surface area contributed by atoms with Crippen molar-refractivity contribution in [1.82, 2.24) is 14.7 Å². The molecule has 1 amide bonds. The summed E-state index contributed by atoms with van der Waals surface area (Å²) in [6, 6.07) is 6.82. The average molecular weight is 343 g/mol. The molecule has 7 nitrogen and oxygen atoms in total. The van der Waals surface area contributed by atoms with Crippen molar-refractivity contribution in [2.75, 3.05) is 6.54 Å². The molecule has 1 atom stereocenters. The number of carbonyl (C=O) groups excluding carboxylic acids is 1. The zero-order valence-corrected chi connectivity index (χ0v) is 14.2. The molecule has 1 aromatic heterocycles. The Hall–Kier alpha value is -2.83. The van der Waals surface area contributed by atoms with Crippen LogP contribution >= 0.6 is 0 Å². The van der Waals surface area contributed by atoms with Crippen molar-refractivity contribution in [1.29, 1.82) is 0 Å². The fourth-order valence-corrected chi connectivity index (χ4v) is 3.06. The molecule has 0 spiro atoms. The van der Waals surface area contributed by atoms with E-state index in [2.05, 4.69) is 18.9 Å². The fraction of sp³-hybridized carbons (Fsp3) is 0.389. The summed E-state index contributed by atoms with van der Waals surface area (Å²) in [7, 11) is 0. The van der Waals surface area contributed by atoms with Crippen LogP contribution in [0.4, 0.5) is 0 Å². The number of aromatic hydroxyl groups is 1. The predicted octanol–water partition coefficient (Wildman–Crippen LogP) is 2.39. The summed E-state index contributed by atoms with van der Waals surface area (Å²) in [6.45, 7) is 4.55. The van der Waals surface area contributed by atoms with E-state index in [1.807, 2.05) is 24.3 Å². The summed E-state index contributed by atoms with van der Waals surface area (Å²) in [5, 5.41) is 23.5. The van der Waals surface area contributed by atoms with Gasteiger partial charge in [0.25, 0.3) is 5.91 Å². The lowest BCUT2D eigenvalue weighted by molar-refractivity contribution is -0.141. The lowest BCUT2D eigenvalue weighted by Gasteiger charge is -2.20. The van der Waals surface area contributed by atoms with Gasteiger partial charge in [-0.15, -0.1) is 0 Å². The van der Waals surface area contributed by atoms with Gasteiger partial charge in [0.15, 0.2) is 11.4 Å². The van der Waals surface area contributed by atoms with Gasteiger partial charge in [-0.2, -0.15) is 5.10 Å². The van der Waals surface area contributed by atoms with E-state index in [-0.39, 0.29) is 11.4 Å². The molecular formula is C18H21N3O4. The number of hydrogen-bond acceptors (Lipinski definition) is 4. The maximum Gasteiger partial charge on any atom is 0.326 e. The Morgan fingerprint density at radius 2 is 1.92 bits per heavy atom. The normalized spacial score (nSPS) is 17.2. The summed E-state index contributed by atoms with van der Waals surface area (Å²) < 4.78 is 1.43. The molecule has 132 valence electrons. The van der Waals surface area contributed by atoms with Gasteiger partial charge in [0.1, 0.15) is 6.04 Å². The molecule has 1 fully saturated rings. The van der Waals surface area contributed by atoms with Crippen molar-refractivity contribution in [2.45, 2.75) is 38.6 Å². The lowest BCUT2D eigenvalue weighted by Crippen LogP contribution is -2.40. The Bertz CT molecular complexity index is 795. The van der Waals surface area contributed by atoms with Gasteiger partial charge in [-0.3, -0.25) is 4.79 Å². The molecule has 0 aliphatic carbocycles. The first kappa shape index (κ1) is 17.0. The molecule has 25 heavy (non-hydrogen) atoms. The summed E-state index contributed by atoms with van der Waals surface area (Å²) in [5.41, 5.74) is 1.77. The first-order valence-corrected chi connectivity index (χ1v) is 8.31. The first-order valence-electron chi connectivity index (χ1n) is 8.31. The molecule has 7 heteroatoms. The molecule has 1 aromatic carbocycles. The Kier molecular flexibility index (Phi) is 4.48. The van der Waals surface area contributed by atoms with E-state index in [0.29, 0.717) is 25.3 Å². The van der Waals surface area contributed by atoms with Crippen LogP contribution in [0, 0.1) is 0 Å². The van der Waals surface area contributed by atoms with E-state index >= 15 is 0 Å². The molecule has 1 unspecified atom stereocenters. The summed E-state index contributed by atoms with van der Waals surface area (Å²) in [5.74, 6) is -1.44. The van der Waals surface area contributed by atoms with E-state index in [0.717, 1.165) is 5.69 Å². The highest BCUT2D eigenvalue weighted by atomic mass is 16.4. The first-order chi connectivity index (χ1) is 11.9. The third kappa shape index (κ3) is 3.22. The lowest BCUT2D eigenvalue weighted by atomic mass is 10.0. The number of benzene rings is 1. The van der Waals surface area contributed by atoms with Crippen LogP contribution in [0.25, 0.3) is 5.69 Å². The zero-order valence-electron chi connectivity index (χ0n) is 14.2. The van der Waals surface area contributed by atoms with Gasteiger partial charge in [0.2, 0.25) is 0 Å². The van der Waals surface area contributed by atoms with Crippen LogP contribution in [-0.4, -0.2) is 49.4 Å². The van der Waals surface area contributed by atoms with Crippen LogP contribution in [0.3, 0.4) is 0 Å². The molecule has 1 saturated heterocycles. The van der Waals surface area contributed by atoms with Gasteiger partial charge in [-0.25, -0.2) is 9.48 Å². The summed E-state index contributed by atoms with van der Waals surface area (Å²) >= 11 is 0. The minimum Gasteiger partial charge on any atom is -0.504 e. The number of nitrogens with zero attached hydrogens (tertiary/aromatic N) is 3. The van der Waals surface area contributed by atoms with Crippen LogP contribution in [0.2, 0.25) is 0 Å². The standard InChI is InChI=1S/C18H21N3O4/c1-11(2)12-5-7-13(8-6-12)21-10-15(22)16(19-21)17(23)20-9-3-4-14(20)18(24)25/h5-8,10-11,14,22H,3-4,9H2,1-2H3,(H,24,25). The van der Waals surface area contributed by atoms with Crippen LogP contribution < -0.4 is 0 Å². The fourth-order valence-electron chi connectivity index (χ4n) is 3.06. The maximum absolute atomic E-state index is 12.6. The van der Waals surface area contributed by atoms with Gasteiger partial charge in [-0.05, 0) is 36.5 Å². The number of hydrogen-bond donors (Lipinski definition) is 2. The summed E-state index contributed by atoms with van der Waals surface area (Å²) in [6.07, 6.45) is 2.41. The molecule has 0 radical (unpaired) electrons. The van der Waals surface area contributed by atoms with Gasteiger partial charge in [0, 0.05) is 6.54 Å². The van der Waals surface area contributed by atoms with Crippen molar-refractivity contribution in [3.63, 3.8) is 0 Å². The van der Waals surface area contributed by atoms with E-state index < -0.39 is 17.9 Å². The number of carbonyl (C=O) groups is 2. The Labute approximate surface area is 145 Å². The van der Waals surface area contributed by atoms with Crippen molar-refractivity contribution in [3.8, 4) is 11.4 Å². The highest BCUT2D eigenvalue weighted by molar-refractivity contribution is 5.97. The van der Waals surface area contributed by atoms with Crippen molar-refractivity contribution in [3.05, 3.63) is 41.7 Å². The topological polar surface area (TPSA) is 95.7 Å². The number of aliphatic carboxylic acids is 1. The van der Waals surface area contributed by atoms with Gasteiger partial charge in [0.05, 0.1) is 11.9 Å². The predicted molar refractivity (Wildman–Crippen MR) is 91.0 cm³/mol. The second kappa shape index (κ2) is 6.58. The van der Waals surface area contributed by atoms with E-state index in [1.165, 1.54) is 21.3 Å². The second-order valence-corrected chi connectivity index (χ2v) is 6.55. The van der Waals surface area contributed by atoms with Gasteiger partial charge >= 0.3 is 5.97 Å². The second-order valence-electron chi connectivity index (χ2n) is 6.55. The molecule has 0 saturated carbocycles. The van der Waals surface area contributed by atoms with E-state index in [1.54, 1.807) is 0 Å². The molecule has 3 rings (SSSR count). The molecule has 2 N–H and O–H groups in total. The van der Waals surface area contributed by atoms with Crippen molar-refractivity contribution in [2.24, 2.45) is 0 Å². The zero-order chi connectivity index (χ0) is 18.1. The highest BCUT2D eigenvalue weighted by Crippen LogP contribution is 2.25. The third-order valence-corrected chi connectivity index (χ3v) is 4.52. The monoisotopic (exact) mass is 343 g/mol. The minimum atomic E-state index is -1.03. The number of aromatic nitrogens is 2. The molecular weight excluding hydrogens is 322 g/mol. The minimum absolute atomic E-state index is 0.124.